The fraction of sp³-hybridized carbons (Fsp3) is 0.300. The number of benzene rings is 2. The van der Waals surface area contributed by atoms with Gasteiger partial charge in [0.1, 0.15) is 0 Å². The number of Topliss-reactive ketones (excluding diaryl/α,β-unsaturated/α-hetero) is 1. The highest BCUT2D eigenvalue weighted by atomic mass is 35.5. The highest BCUT2D eigenvalue weighted by molar-refractivity contribution is 6.18. The second-order valence-electron chi connectivity index (χ2n) is 6.60. The molecule has 1 aliphatic rings. The molecule has 0 aliphatic carbocycles. The topological polar surface area (TPSA) is 29.4 Å². The van der Waals surface area contributed by atoms with E-state index >= 15 is 0 Å². The summed E-state index contributed by atoms with van der Waals surface area (Å²) in [4.78, 5) is 17.7. The molecular formula is C20H22ClNO. The minimum absolute atomic E-state index is 0. The van der Waals surface area contributed by atoms with Crippen LogP contribution in [-0.4, -0.2) is 17.0 Å². The van der Waals surface area contributed by atoms with Crippen molar-refractivity contribution in [3.63, 3.8) is 0 Å². The van der Waals surface area contributed by atoms with Gasteiger partial charge in [0.05, 0.1) is 17.2 Å². The molecule has 2 aromatic rings. The maximum absolute atomic E-state index is 12.8. The Kier molecular flexibility index (Phi) is 5.06. The zero-order valence-electron chi connectivity index (χ0n) is 13.7. The van der Waals surface area contributed by atoms with Crippen LogP contribution in [0.4, 0.5) is 0 Å². The van der Waals surface area contributed by atoms with Gasteiger partial charge >= 0.3 is 0 Å². The lowest BCUT2D eigenvalue weighted by Gasteiger charge is -2.31. The molecule has 0 aromatic heterocycles. The Bertz CT molecular complexity index is 734. The van der Waals surface area contributed by atoms with Gasteiger partial charge in [0.2, 0.25) is 0 Å². The first kappa shape index (κ1) is 17.4. The lowest BCUT2D eigenvalue weighted by molar-refractivity contribution is 0.0961. The van der Waals surface area contributed by atoms with Crippen LogP contribution in [0.15, 0.2) is 59.6 Å². The fourth-order valence-electron chi connectivity index (χ4n) is 3.12. The monoisotopic (exact) mass is 327 g/mol. The van der Waals surface area contributed by atoms with E-state index in [4.69, 9.17) is 4.99 Å². The Balaban J connectivity index is 0.00000192. The average molecular weight is 328 g/mol. The van der Waals surface area contributed by atoms with Crippen LogP contribution < -0.4 is 0 Å². The smallest absolute Gasteiger partial charge is 0.171 e. The summed E-state index contributed by atoms with van der Waals surface area (Å²) in [5, 5.41) is 0. The van der Waals surface area contributed by atoms with Gasteiger partial charge in [0, 0.05) is 5.56 Å². The van der Waals surface area contributed by atoms with E-state index in [0.29, 0.717) is 0 Å². The van der Waals surface area contributed by atoms with Crippen molar-refractivity contribution >= 4 is 23.9 Å². The number of aliphatic imine (C=N–C) groups is 1. The molecule has 0 fully saturated rings. The molecule has 3 rings (SSSR count). The van der Waals surface area contributed by atoms with E-state index in [-0.39, 0.29) is 29.6 Å². The zero-order chi connectivity index (χ0) is 15.7. The summed E-state index contributed by atoms with van der Waals surface area (Å²) in [5.41, 5.74) is 3.91. The molecule has 2 nitrogen and oxygen atoms in total. The van der Waals surface area contributed by atoms with E-state index in [1.165, 1.54) is 5.56 Å². The van der Waals surface area contributed by atoms with Crippen molar-refractivity contribution in [2.24, 2.45) is 10.9 Å². The molecule has 0 bridgehead atoms. The second kappa shape index (κ2) is 6.67. The van der Waals surface area contributed by atoms with Gasteiger partial charge < -0.3 is 0 Å². The number of hydrogen-bond acceptors (Lipinski definition) is 2. The molecule has 0 saturated heterocycles. The van der Waals surface area contributed by atoms with E-state index in [1.807, 2.05) is 43.3 Å². The van der Waals surface area contributed by atoms with Crippen LogP contribution in [0, 0.1) is 5.92 Å². The molecule has 120 valence electrons. The molecule has 2 aromatic carbocycles. The molecule has 0 radical (unpaired) electrons. The molecule has 1 aliphatic heterocycles. The standard InChI is InChI=1S/C20H21NO.ClH/c1-14(19(22)15-9-5-4-6-10-15)18-17-12-8-7-11-16(17)13-20(2,3)21-18;/h4-12,14H,13H2,1-3H3;1H. The number of hydrogen-bond donors (Lipinski definition) is 0. The van der Waals surface area contributed by atoms with Crippen molar-refractivity contribution in [3.8, 4) is 0 Å². The summed E-state index contributed by atoms with van der Waals surface area (Å²) in [7, 11) is 0. The molecule has 0 spiro atoms. The van der Waals surface area contributed by atoms with Crippen molar-refractivity contribution in [1.29, 1.82) is 0 Å². The third-order valence-corrected chi connectivity index (χ3v) is 4.20. The summed E-state index contributed by atoms with van der Waals surface area (Å²) >= 11 is 0. The summed E-state index contributed by atoms with van der Waals surface area (Å²) in [5.74, 6) is -0.102. The highest BCUT2D eigenvalue weighted by Gasteiger charge is 2.31. The summed E-state index contributed by atoms with van der Waals surface area (Å²) in [6.45, 7) is 6.22. The fourth-order valence-corrected chi connectivity index (χ4v) is 3.12. The van der Waals surface area contributed by atoms with Gasteiger partial charge in [-0.05, 0) is 38.3 Å². The van der Waals surface area contributed by atoms with Gasteiger partial charge in [-0.15, -0.1) is 12.4 Å². The van der Waals surface area contributed by atoms with Crippen LogP contribution in [-0.2, 0) is 6.42 Å². The Hall–Kier alpha value is -1.93. The summed E-state index contributed by atoms with van der Waals surface area (Å²) in [6, 6.07) is 17.8. The molecule has 1 atom stereocenters. The van der Waals surface area contributed by atoms with E-state index in [9.17, 15) is 4.79 Å². The number of carbonyl (C=O) groups excluding carboxylic acids is 1. The Morgan fingerprint density at radius 1 is 1.04 bits per heavy atom. The van der Waals surface area contributed by atoms with Gasteiger partial charge in [0.25, 0.3) is 0 Å². The van der Waals surface area contributed by atoms with E-state index in [0.717, 1.165) is 23.3 Å². The van der Waals surface area contributed by atoms with Gasteiger partial charge in [-0.1, -0.05) is 54.6 Å². The first-order valence-corrected chi connectivity index (χ1v) is 7.75. The molecule has 23 heavy (non-hydrogen) atoms. The minimum Gasteiger partial charge on any atom is -0.293 e. The summed E-state index contributed by atoms with van der Waals surface area (Å²) < 4.78 is 0. The van der Waals surface area contributed by atoms with Crippen LogP contribution in [0.25, 0.3) is 0 Å². The Labute approximate surface area is 144 Å². The van der Waals surface area contributed by atoms with Crippen LogP contribution >= 0.6 is 12.4 Å². The van der Waals surface area contributed by atoms with Crippen molar-refractivity contribution in [2.45, 2.75) is 32.7 Å². The van der Waals surface area contributed by atoms with Crippen LogP contribution in [0.3, 0.4) is 0 Å². The van der Waals surface area contributed by atoms with Crippen LogP contribution in [0.2, 0.25) is 0 Å². The predicted octanol–water partition coefficient (Wildman–Crippen LogP) is 4.75. The number of nitrogens with zero attached hydrogens (tertiary/aromatic N) is 1. The number of rotatable bonds is 3. The lowest BCUT2D eigenvalue weighted by Crippen LogP contribution is -2.34. The average Bonchev–Trinajstić information content (AvgIpc) is 2.52. The maximum Gasteiger partial charge on any atom is 0.171 e. The van der Waals surface area contributed by atoms with Crippen molar-refractivity contribution in [2.75, 3.05) is 0 Å². The van der Waals surface area contributed by atoms with Crippen molar-refractivity contribution in [1.82, 2.24) is 0 Å². The number of halogens is 1. The molecule has 0 amide bonds. The molecule has 0 saturated carbocycles. The third-order valence-electron chi connectivity index (χ3n) is 4.20. The molecule has 1 unspecified atom stereocenters. The summed E-state index contributed by atoms with van der Waals surface area (Å²) in [6.07, 6.45) is 0.916. The molecule has 1 heterocycles. The third kappa shape index (κ3) is 3.53. The van der Waals surface area contributed by atoms with Gasteiger partial charge in [-0.2, -0.15) is 0 Å². The first-order chi connectivity index (χ1) is 10.5. The van der Waals surface area contributed by atoms with Gasteiger partial charge in [-0.25, -0.2) is 0 Å². The van der Waals surface area contributed by atoms with Crippen molar-refractivity contribution < 1.29 is 4.79 Å². The molecule has 0 N–H and O–H groups in total. The number of fused-ring (bicyclic) bond motifs is 1. The number of carbonyl (C=O) groups is 1. The molecule has 3 heteroatoms. The zero-order valence-corrected chi connectivity index (χ0v) is 14.6. The quantitative estimate of drug-likeness (QED) is 0.748. The Morgan fingerprint density at radius 3 is 2.35 bits per heavy atom. The van der Waals surface area contributed by atoms with E-state index in [1.54, 1.807) is 0 Å². The normalized spacial score (nSPS) is 16.6. The predicted molar refractivity (Wildman–Crippen MR) is 97.9 cm³/mol. The largest absolute Gasteiger partial charge is 0.293 e. The first-order valence-electron chi connectivity index (χ1n) is 7.75. The molecular weight excluding hydrogens is 306 g/mol. The van der Waals surface area contributed by atoms with E-state index < -0.39 is 0 Å². The lowest BCUT2D eigenvalue weighted by atomic mass is 9.81. The van der Waals surface area contributed by atoms with Gasteiger partial charge in [0.15, 0.2) is 5.78 Å². The van der Waals surface area contributed by atoms with Crippen LogP contribution in [0.5, 0.6) is 0 Å². The van der Waals surface area contributed by atoms with Crippen LogP contribution in [0.1, 0.15) is 42.3 Å². The Morgan fingerprint density at radius 2 is 1.65 bits per heavy atom. The SMILES string of the molecule is CC(C(=O)c1ccccc1)C1=NC(C)(C)Cc2ccccc21.Cl. The second-order valence-corrected chi connectivity index (χ2v) is 6.60. The maximum atomic E-state index is 12.8. The van der Waals surface area contributed by atoms with Gasteiger partial charge in [-0.3, -0.25) is 9.79 Å². The van der Waals surface area contributed by atoms with E-state index in [2.05, 4.69) is 32.0 Å². The highest BCUT2D eigenvalue weighted by Crippen LogP contribution is 2.30. The number of ketones is 1. The minimum atomic E-state index is -0.233. The van der Waals surface area contributed by atoms with Crippen molar-refractivity contribution in [3.05, 3.63) is 71.3 Å².